The topological polar surface area (TPSA) is 70.1 Å². The number of carbonyl (C=O) groups excluding carboxylic acids is 1. The molecule has 0 aliphatic carbocycles. The van der Waals surface area contributed by atoms with Crippen molar-refractivity contribution in [3.63, 3.8) is 0 Å². The van der Waals surface area contributed by atoms with Crippen LogP contribution in [-0.4, -0.2) is 56.3 Å². The number of hydrogen-bond donors (Lipinski definition) is 0. The van der Waals surface area contributed by atoms with Gasteiger partial charge in [0.1, 0.15) is 6.10 Å². The third-order valence-electron chi connectivity index (χ3n) is 5.73. The number of rotatable bonds is 7. The van der Waals surface area contributed by atoms with Crippen molar-refractivity contribution in [3.8, 4) is 22.4 Å². The Bertz CT molecular complexity index is 1140. The first-order chi connectivity index (χ1) is 16.0. The van der Waals surface area contributed by atoms with E-state index in [1.807, 2.05) is 23.1 Å². The van der Waals surface area contributed by atoms with Crippen molar-refractivity contribution >= 4 is 33.5 Å². The van der Waals surface area contributed by atoms with Crippen LogP contribution < -0.4 is 18.9 Å². The zero-order valence-corrected chi connectivity index (χ0v) is 20.1. The molecule has 174 valence electrons. The maximum Gasteiger partial charge on any atom is 0.274 e. The molecular formula is C25H28N2O5S. The molecule has 0 bridgehead atoms. The predicted octanol–water partition coefficient (Wildman–Crippen LogP) is 4.71. The van der Waals surface area contributed by atoms with Crippen LogP contribution in [0.3, 0.4) is 0 Å². The molecule has 0 N–H and O–H groups in total. The lowest BCUT2D eigenvalue weighted by atomic mass is 10.1. The third-order valence-corrected chi connectivity index (χ3v) is 6.64. The minimum Gasteiger partial charge on any atom is -0.493 e. The molecule has 2 heterocycles. The van der Waals surface area contributed by atoms with Gasteiger partial charge < -0.3 is 23.8 Å². The number of piperidine rings is 1. The molecule has 1 aromatic heterocycles. The molecule has 0 radical (unpaired) electrons. The summed E-state index contributed by atoms with van der Waals surface area (Å²) < 4.78 is 23.4. The van der Waals surface area contributed by atoms with E-state index >= 15 is 0 Å². The van der Waals surface area contributed by atoms with Gasteiger partial charge in [-0.2, -0.15) is 0 Å². The monoisotopic (exact) mass is 468 g/mol. The zero-order valence-electron chi connectivity index (χ0n) is 19.3. The van der Waals surface area contributed by atoms with Crippen molar-refractivity contribution in [2.75, 3.05) is 34.4 Å². The van der Waals surface area contributed by atoms with E-state index in [-0.39, 0.29) is 12.0 Å². The summed E-state index contributed by atoms with van der Waals surface area (Å²) in [6.07, 6.45) is 4.96. The normalized spacial score (nSPS) is 14.6. The number of fused-ring (bicyclic) bond motifs is 1. The Morgan fingerprint density at radius 3 is 2.39 bits per heavy atom. The number of para-hydroxylation sites is 1. The van der Waals surface area contributed by atoms with Crippen LogP contribution in [0.4, 0.5) is 0 Å². The van der Waals surface area contributed by atoms with E-state index in [9.17, 15) is 4.79 Å². The predicted molar refractivity (Wildman–Crippen MR) is 130 cm³/mol. The van der Waals surface area contributed by atoms with Crippen LogP contribution in [0.5, 0.6) is 22.4 Å². The van der Waals surface area contributed by atoms with E-state index in [0.29, 0.717) is 35.5 Å². The SMILES string of the molecule is COc1cc(/C=C/C(=O)N2CCC(Oc3nc4c(C)cccc4s3)CC2)cc(OC)c1OC. The number of amides is 1. The number of thiazole rings is 1. The van der Waals surface area contributed by atoms with Crippen LogP contribution in [-0.2, 0) is 4.79 Å². The van der Waals surface area contributed by atoms with Gasteiger partial charge in [0.15, 0.2) is 11.5 Å². The fraction of sp³-hybridized carbons (Fsp3) is 0.360. The van der Waals surface area contributed by atoms with E-state index < -0.39 is 0 Å². The average Bonchev–Trinajstić information content (AvgIpc) is 3.26. The molecule has 7 nitrogen and oxygen atoms in total. The van der Waals surface area contributed by atoms with Crippen molar-refractivity contribution in [2.24, 2.45) is 0 Å². The van der Waals surface area contributed by atoms with E-state index in [1.54, 1.807) is 44.8 Å². The second kappa shape index (κ2) is 10.1. The van der Waals surface area contributed by atoms with Gasteiger partial charge in [-0.3, -0.25) is 4.79 Å². The molecule has 0 unspecified atom stereocenters. The zero-order chi connectivity index (χ0) is 23.4. The lowest BCUT2D eigenvalue weighted by Gasteiger charge is -2.30. The lowest BCUT2D eigenvalue weighted by molar-refractivity contribution is -0.127. The van der Waals surface area contributed by atoms with Crippen LogP contribution in [0.1, 0.15) is 24.0 Å². The van der Waals surface area contributed by atoms with Gasteiger partial charge in [0.2, 0.25) is 11.7 Å². The summed E-state index contributed by atoms with van der Waals surface area (Å²) in [6, 6.07) is 9.78. The Morgan fingerprint density at radius 1 is 1.09 bits per heavy atom. The van der Waals surface area contributed by atoms with Crippen molar-refractivity contribution in [2.45, 2.75) is 25.9 Å². The maximum atomic E-state index is 12.7. The summed E-state index contributed by atoms with van der Waals surface area (Å²) in [5.74, 6) is 1.59. The summed E-state index contributed by atoms with van der Waals surface area (Å²) in [5.41, 5.74) is 2.95. The largest absolute Gasteiger partial charge is 0.493 e. The van der Waals surface area contributed by atoms with Gasteiger partial charge in [-0.25, -0.2) is 4.98 Å². The molecule has 1 fully saturated rings. The molecule has 1 saturated heterocycles. The smallest absolute Gasteiger partial charge is 0.274 e. The Balaban J connectivity index is 1.35. The van der Waals surface area contributed by atoms with Gasteiger partial charge in [-0.15, -0.1) is 0 Å². The summed E-state index contributed by atoms with van der Waals surface area (Å²) in [5, 5.41) is 0.700. The van der Waals surface area contributed by atoms with E-state index in [2.05, 4.69) is 24.0 Å². The van der Waals surface area contributed by atoms with Gasteiger partial charge >= 0.3 is 0 Å². The van der Waals surface area contributed by atoms with Gasteiger partial charge in [0.05, 0.1) is 31.5 Å². The van der Waals surface area contributed by atoms with E-state index in [0.717, 1.165) is 34.2 Å². The van der Waals surface area contributed by atoms with E-state index in [4.69, 9.17) is 18.9 Å². The minimum absolute atomic E-state index is 0.0298. The number of benzene rings is 2. The molecule has 1 aliphatic heterocycles. The fourth-order valence-corrected chi connectivity index (χ4v) is 4.88. The highest BCUT2D eigenvalue weighted by Crippen LogP contribution is 2.38. The number of likely N-dealkylation sites (tertiary alicyclic amines) is 1. The number of nitrogens with zero attached hydrogens (tertiary/aromatic N) is 2. The molecule has 1 aliphatic rings. The first-order valence-corrected chi connectivity index (χ1v) is 11.6. The molecule has 0 spiro atoms. The number of methoxy groups -OCH3 is 3. The fourth-order valence-electron chi connectivity index (χ4n) is 3.92. The van der Waals surface area contributed by atoms with Gasteiger partial charge in [0.25, 0.3) is 5.19 Å². The highest BCUT2D eigenvalue weighted by atomic mass is 32.1. The molecule has 1 amide bonds. The van der Waals surface area contributed by atoms with Crippen molar-refractivity contribution in [1.29, 1.82) is 0 Å². The molecular weight excluding hydrogens is 440 g/mol. The number of ether oxygens (including phenoxy) is 4. The number of aryl methyl sites for hydroxylation is 1. The molecule has 8 heteroatoms. The highest BCUT2D eigenvalue weighted by Gasteiger charge is 2.24. The first-order valence-electron chi connectivity index (χ1n) is 10.8. The van der Waals surface area contributed by atoms with Crippen molar-refractivity contribution < 1.29 is 23.7 Å². The molecule has 33 heavy (non-hydrogen) atoms. The summed E-state index contributed by atoms with van der Waals surface area (Å²) in [4.78, 5) is 19.2. The Labute approximate surface area is 197 Å². The third kappa shape index (κ3) is 5.06. The highest BCUT2D eigenvalue weighted by molar-refractivity contribution is 7.20. The van der Waals surface area contributed by atoms with Crippen LogP contribution in [0.2, 0.25) is 0 Å². The summed E-state index contributed by atoms with van der Waals surface area (Å²) in [7, 11) is 4.69. The second-order valence-electron chi connectivity index (χ2n) is 7.84. The standard InChI is InChI=1S/C25H28N2O5S/c1-16-6-5-7-21-23(16)26-25(33-21)32-18-10-12-27(13-11-18)22(28)9-8-17-14-19(29-2)24(31-4)20(15-17)30-3/h5-9,14-15,18H,10-13H2,1-4H3/b9-8+. The maximum absolute atomic E-state index is 12.7. The average molecular weight is 469 g/mol. The molecule has 4 rings (SSSR count). The molecule has 0 atom stereocenters. The van der Waals surface area contributed by atoms with E-state index in [1.165, 1.54) is 0 Å². The summed E-state index contributed by atoms with van der Waals surface area (Å²) in [6.45, 7) is 3.35. The Kier molecular flexibility index (Phi) is 7.03. The molecule has 2 aromatic carbocycles. The quantitative estimate of drug-likeness (QED) is 0.468. The van der Waals surface area contributed by atoms with Gasteiger partial charge in [-0.05, 0) is 42.3 Å². The number of carbonyl (C=O) groups is 1. The van der Waals surface area contributed by atoms with Gasteiger partial charge in [-0.1, -0.05) is 23.5 Å². The van der Waals surface area contributed by atoms with Crippen LogP contribution >= 0.6 is 11.3 Å². The first kappa shape index (κ1) is 22.9. The number of hydrogen-bond acceptors (Lipinski definition) is 7. The minimum atomic E-state index is -0.0298. The van der Waals surface area contributed by atoms with Crippen LogP contribution in [0.25, 0.3) is 16.3 Å². The second-order valence-corrected chi connectivity index (χ2v) is 8.83. The lowest BCUT2D eigenvalue weighted by Crippen LogP contribution is -2.41. The van der Waals surface area contributed by atoms with Crippen molar-refractivity contribution in [3.05, 3.63) is 47.5 Å². The van der Waals surface area contributed by atoms with Crippen LogP contribution in [0.15, 0.2) is 36.4 Å². The van der Waals surface area contributed by atoms with Crippen molar-refractivity contribution in [1.82, 2.24) is 9.88 Å². The molecule has 0 saturated carbocycles. The molecule has 3 aromatic rings. The number of aromatic nitrogens is 1. The van der Waals surface area contributed by atoms with Crippen LogP contribution in [0, 0.1) is 6.92 Å². The summed E-state index contributed by atoms with van der Waals surface area (Å²) >= 11 is 1.57. The Morgan fingerprint density at radius 2 is 1.79 bits per heavy atom. The van der Waals surface area contributed by atoms with Gasteiger partial charge in [0, 0.05) is 32.0 Å². The Hall–Kier alpha value is -3.26.